The van der Waals surface area contributed by atoms with Crippen molar-refractivity contribution in [2.45, 2.75) is 56.2 Å². The third-order valence-corrected chi connectivity index (χ3v) is 7.76. The molecule has 9 heteroatoms. The summed E-state index contributed by atoms with van der Waals surface area (Å²) in [4.78, 5) is 17.6. The van der Waals surface area contributed by atoms with Crippen LogP contribution in [0.1, 0.15) is 37.3 Å². The highest BCUT2D eigenvalue weighted by Crippen LogP contribution is 2.36. The minimum absolute atomic E-state index is 0.0194. The van der Waals surface area contributed by atoms with Gasteiger partial charge in [0.25, 0.3) is 0 Å². The van der Waals surface area contributed by atoms with Gasteiger partial charge in [0.2, 0.25) is 5.91 Å². The van der Waals surface area contributed by atoms with E-state index in [1.54, 1.807) is 42.3 Å². The number of aromatic nitrogens is 3. The van der Waals surface area contributed by atoms with Crippen LogP contribution >= 0.6 is 0 Å². The predicted octanol–water partition coefficient (Wildman–Crippen LogP) is 6.33. The standard InChI is InChI=1S/C27H27FN4O3S.C2H4/c1-3-10-32-16-19(15-30-32)31-26(33)13-18-11-17(2)27(23(28)12-18)35-25-8-9-29-24-7-6-21(14-22(24)25)36(34)20-4-5-20;1-2/h6-9,11-12,14-16,20H,3-5,10,13H2,1-2H3,(H,31,33);1-2H2. The number of amides is 1. The number of rotatable bonds is 9. The lowest BCUT2D eigenvalue weighted by Crippen LogP contribution is -2.14. The summed E-state index contributed by atoms with van der Waals surface area (Å²) in [6.45, 7) is 10.6. The summed E-state index contributed by atoms with van der Waals surface area (Å²) < 4.78 is 35.6. The van der Waals surface area contributed by atoms with Crippen LogP contribution in [-0.2, 0) is 28.6 Å². The van der Waals surface area contributed by atoms with Gasteiger partial charge in [-0.15, -0.1) is 13.2 Å². The number of nitrogens with one attached hydrogen (secondary N) is 1. The summed E-state index contributed by atoms with van der Waals surface area (Å²) in [5.74, 6) is -0.293. The number of halogens is 1. The van der Waals surface area contributed by atoms with Gasteiger partial charge in [-0.3, -0.25) is 18.7 Å². The van der Waals surface area contributed by atoms with E-state index in [0.29, 0.717) is 33.5 Å². The summed E-state index contributed by atoms with van der Waals surface area (Å²) in [5, 5.41) is 7.88. The van der Waals surface area contributed by atoms with Crippen molar-refractivity contribution in [2.24, 2.45) is 0 Å². The molecule has 0 aliphatic heterocycles. The van der Waals surface area contributed by atoms with E-state index in [-0.39, 0.29) is 23.3 Å². The van der Waals surface area contributed by atoms with Crippen molar-refractivity contribution in [3.8, 4) is 11.5 Å². The highest BCUT2D eigenvalue weighted by Gasteiger charge is 2.29. The van der Waals surface area contributed by atoms with Crippen LogP contribution in [0.5, 0.6) is 11.5 Å². The zero-order valence-corrected chi connectivity index (χ0v) is 22.4. The number of nitrogens with zero attached hydrogens (tertiary/aromatic N) is 3. The van der Waals surface area contributed by atoms with Gasteiger partial charge < -0.3 is 10.1 Å². The number of fused-ring (bicyclic) bond motifs is 1. The molecule has 2 heterocycles. The Morgan fingerprint density at radius 1 is 1.24 bits per heavy atom. The van der Waals surface area contributed by atoms with Crippen molar-refractivity contribution >= 4 is 33.3 Å². The molecule has 1 atom stereocenters. The monoisotopic (exact) mass is 534 g/mol. The molecule has 1 unspecified atom stereocenters. The van der Waals surface area contributed by atoms with E-state index in [0.717, 1.165) is 30.7 Å². The Morgan fingerprint density at radius 3 is 2.74 bits per heavy atom. The number of benzene rings is 2. The summed E-state index contributed by atoms with van der Waals surface area (Å²) in [7, 11) is -1.07. The summed E-state index contributed by atoms with van der Waals surface area (Å²) in [6, 6.07) is 10.2. The summed E-state index contributed by atoms with van der Waals surface area (Å²) >= 11 is 0. The van der Waals surface area contributed by atoms with Crippen molar-refractivity contribution in [3.05, 3.63) is 85.1 Å². The first-order valence-corrected chi connectivity index (χ1v) is 13.7. The van der Waals surface area contributed by atoms with Crippen molar-refractivity contribution in [1.29, 1.82) is 0 Å². The van der Waals surface area contributed by atoms with E-state index in [9.17, 15) is 9.00 Å². The first-order valence-electron chi connectivity index (χ1n) is 12.5. The molecule has 1 amide bonds. The van der Waals surface area contributed by atoms with Crippen molar-refractivity contribution in [1.82, 2.24) is 14.8 Å². The Hall–Kier alpha value is -3.85. The van der Waals surface area contributed by atoms with Crippen molar-refractivity contribution in [3.63, 3.8) is 0 Å². The van der Waals surface area contributed by atoms with Crippen LogP contribution in [0, 0.1) is 12.7 Å². The normalized spacial score (nSPS) is 13.4. The molecule has 7 nitrogen and oxygen atoms in total. The topological polar surface area (TPSA) is 86.1 Å². The van der Waals surface area contributed by atoms with E-state index in [1.807, 2.05) is 18.2 Å². The van der Waals surface area contributed by atoms with Gasteiger partial charge >= 0.3 is 0 Å². The van der Waals surface area contributed by atoms with Crippen molar-refractivity contribution < 1.29 is 18.1 Å². The Bertz CT molecular complexity index is 1460. The third-order valence-electron chi connectivity index (χ3n) is 5.97. The number of anilines is 1. The van der Waals surface area contributed by atoms with E-state index in [4.69, 9.17) is 4.74 Å². The van der Waals surface area contributed by atoms with Gasteiger partial charge in [0.05, 0.1) is 34.6 Å². The van der Waals surface area contributed by atoms with Crippen LogP contribution < -0.4 is 10.1 Å². The molecular formula is C29H31FN4O3S. The average Bonchev–Trinajstić information content (AvgIpc) is 3.67. The lowest BCUT2D eigenvalue weighted by Gasteiger charge is -2.14. The van der Waals surface area contributed by atoms with Gasteiger partial charge in [-0.1, -0.05) is 13.0 Å². The molecule has 0 bridgehead atoms. The molecule has 1 aliphatic rings. The highest BCUT2D eigenvalue weighted by atomic mass is 32.2. The maximum absolute atomic E-state index is 15.1. The fraction of sp³-hybridized carbons (Fsp3) is 0.276. The Labute approximate surface area is 224 Å². The van der Waals surface area contributed by atoms with Gasteiger partial charge in [0, 0.05) is 34.5 Å². The first-order chi connectivity index (χ1) is 18.4. The van der Waals surface area contributed by atoms with E-state index in [1.165, 1.54) is 6.07 Å². The summed E-state index contributed by atoms with van der Waals surface area (Å²) in [6.07, 6.45) is 7.88. The molecule has 2 aromatic carbocycles. The molecule has 0 radical (unpaired) electrons. The van der Waals surface area contributed by atoms with Crippen LogP contribution in [0.2, 0.25) is 0 Å². The lowest BCUT2D eigenvalue weighted by atomic mass is 10.1. The highest BCUT2D eigenvalue weighted by molar-refractivity contribution is 7.86. The molecule has 38 heavy (non-hydrogen) atoms. The van der Waals surface area contributed by atoms with Gasteiger partial charge in [-0.05, 0) is 67.6 Å². The number of hydrogen-bond acceptors (Lipinski definition) is 5. The van der Waals surface area contributed by atoms with Crippen LogP contribution in [0.4, 0.5) is 10.1 Å². The SMILES string of the molecule is C=C.CCCn1cc(NC(=O)Cc2cc(C)c(Oc3ccnc4ccc(S(=O)C5CC5)cc34)c(F)c2)cn1. The molecule has 0 spiro atoms. The first kappa shape index (κ1) is 27.2. The van der Waals surface area contributed by atoms with Crippen LogP contribution in [0.15, 0.2) is 73.0 Å². The zero-order valence-electron chi connectivity index (χ0n) is 21.6. The minimum Gasteiger partial charge on any atom is -0.453 e. The molecular weight excluding hydrogens is 503 g/mol. The number of aryl methyl sites for hydroxylation is 2. The fourth-order valence-corrected chi connectivity index (χ4v) is 5.49. The number of hydrogen-bond donors (Lipinski definition) is 1. The number of ether oxygens (including phenoxy) is 1. The number of carbonyl (C=O) groups excluding carboxylic acids is 1. The Kier molecular flexibility index (Phi) is 8.68. The third kappa shape index (κ3) is 6.34. The second kappa shape index (κ2) is 12.1. The Morgan fingerprint density at radius 2 is 2.03 bits per heavy atom. The molecule has 198 valence electrons. The van der Waals surface area contributed by atoms with E-state index in [2.05, 4.69) is 35.5 Å². The maximum atomic E-state index is 15.1. The largest absolute Gasteiger partial charge is 0.453 e. The van der Waals surface area contributed by atoms with E-state index < -0.39 is 16.6 Å². The van der Waals surface area contributed by atoms with Crippen LogP contribution in [0.3, 0.4) is 0 Å². The molecule has 1 N–H and O–H groups in total. The van der Waals surface area contributed by atoms with Gasteiger partial charge in [-0.2, -0.15) is 5.10 Å². The predicted molar refractivity (Wildman–Crippen MR) is 148 cm³/mol. The van der Waals surface area contributed by atoms with Gasteiger partial charge in [-0.25, -0.2) is 4.39 Å². The molecule has 2 aromatic heterocycles. The molecule has 1 aliphatic carbocycles. The van der Waals surface area contributed by atoms with Crippen LogP contribution in [-0.4, -0.2) is 30.1 Å². The molecule has 1 saturated carbocycles. The van der Waals surface area contributed by atoms with Crippen molar-refractivity contribution in [2.75, 3.05) is 5.32 Å². The maximum Gasteiger partial charge on any atom is 0.228 e. The molecule has 0 saturated heterocycles. The molecule has 4 aromatic rings. The molecule has 1 fully saturated rings. The number of pyridine rings is 1. The number of carbonyl (C=O) groups is 1. The van der Waals surface area contributed by atoms with Gasteiger partial charge in [0.15, 0.2) is 11.6 Å². The zero-order chi connectivity index (χ0) is 27.2. The minimum atomic E-state index is -1.07. The quantitative estimate of drug-likeness (QED) is 0.254. The Balaban J connectivity index is 0.00000164. The van der Waals surface area contributed by atoms with Crippen LogP contribution in [0.25, 0.3) is 10.9 Å². The summed E-state index contributed by atoms with van der Waals surface area (Å²) in [5.41, 5.74) is 2.39. The second-order valence-corrected chi connectivity index (χ2v) is 10.8. The van der Waals surface area contributed by atoms with E-state index >= 15 is 4.39 Å². The second-order valence-electron chi connectivity index (χ2n) is 9.03. The molecule has 5 rings (SSSR count). The lowest BCUT2D eigenvalue weighted by molar-refractivity contribution is -0.115. The van der Waals surface area contributed by atoms with Gasteiger partial charge in [0.1, 0.15) is 5.75 Å². The smallest absolute Gasteiger partial charge is 0.228 e. The average molecular weight is 535 g/mol. The fourth-order valence-electron chi connectivity index (χ4n) is 4.10.